The van der Waals surface area contributed by atoms with Crippen molar-refractivity contribution in [3.8, 4) is 0 Å². The number of piperazine rings is 1. The Kier molecular flexibility index (Phi) is 3.85. The molecule has 4 rings (SSSR count). The van der Waals surface area contributed by atoms with E-state index >= 15 is 0 Å². The number of carbonyl (C=O) groups is 1. The molecule has 1 saturated heterocycles. The largest absolute Gasteiger partial charge is 0.340 e. The van der Waals surface area contributed by atoms with Crippen LogP contribution in [0.3, 0.4) is 0 Å². The molecule has 0 aromatic carbocycles. The summed E-state index contributed by atoms with van der Waals surface area (Å²) in [5, 5.41) is 9.01. The minimum absolute atomic E-state index is 0.175. The van der Waals surface area contributed by atoms with Crippen LogP contribution in [0, 0.1) is 0 Å². The first kappa shape index (κ1) is 15.1. The smallest absolute Gasteiger partial charge is 0.219 e. The molecule has 2 N–H and O–H groups in total. The van der Waals surface area contributed by atoms with Gasteiger partial charge in [0.15, 0.2) is 0 Å². The second-order valence-corrected chi connectivity index (χ2v) is 7.29. The molecule has 2 saturated carbocycles. The van der Waals surface area contributed by atoms with Crippen molar-refractivity contribution in [3.05, 3.63) is 11.6 Å². The highest BCUT2D eigenvalue weighted by Crippen LogP contribution is 2.42. The normalized spacial score (nSPS) is 28.7. The van der Waals surface area contributed by atoms with E-state index in [0.29, 0.717) is 18.0 Å². The third-order valence-corrected chi connectivity index (χ3v) is 5.43. The van der Waals surface area contributed by atoms with E-state index < -0.39 is 0 Å². The Morgan fingerprint density at radius 1 is 1.17 bits per heavy atom. The van der Waals surface area contributed by atoms with Crippen molar-refractivity contribution in [2.75, 3.05) is 26.2 Å². The maximum atomic E-state index is 11.4. The van der Waals surface area contributed by atoms with Gasteiger partial charge in [-0.1, -0.05) is 0 Å². The summed E-state index contributed by atoms with van der Waals surface area (Å²) in [5.41, 5.74) is 5.94. The van der Waals surface area contributed by atoms with E-state index in [1.807, 2.05) is 4.90 Å². The van der Waals surface area contributed by atoms with Gasteiger partial charge >= 0.3 is 0 Å². The maximum absolute atomic E-state index is 11.4. The van der Waals surface area contributed by atoms with Crippen LogP contribution < -0.4 is 5.73 Å². The van der Waals surface area contributed by atoms with Gasteiger partial charge in [-0.05, 0) is 25.7 Å². The van der Waals surface area contributed by atoms with E-state index in [1.54, 1.807) is 6.92 Å². The van der Waals surface area contributed by atoms with Crippen LogP contribution in [0.4, 0.5) is 0 Å². The predicted octanol–water partition coefficient (Wildman–Crippen LogP) is 0.482. The number of rotatable bonds is 4. The fourth-order valence-corrected chi connectivity index (χ4v) is 3.75. The lowest BCUT2D eigenvalue weighted by molar-refractivity contribution is -0.130. The molecular weight excluding hydrogens is 292 g/mol. The van der Waals surface area contributed by atoms with E-state index in [2.05, 4.69) is 19.7 Å². The zero-order valence-electron chi connectivity index (χ0n) is 13.8. The first-order valence-electron chi connectivity index (χ1n) is 8.79. The van der Waals surface area contributed by atoms with Gasteiger partial charge in [0.1, 0.15) is 11.6 Å². The Morgan fingerprint density at radius 2 is 1.87 bits per heavy atom. The average Bonchev–Trinajstić information content (AvgIpc) is 3.26. The predicted molar refractivity (Wildman–Crippen MR) is 85.8 cm³/mol. The molecule has 1 aromatic heterocycles. The summed E-state index contributed by atoms with van der Waals surface area (Å²) in [6, 6.07) is 0.942. The van der Waals surface area contributed by atoms with Crippen LogP contribution in [-0.4, -0.2) is 62.7 Å². The Hall–Kier alpha value is -1.47. The molecule has 1 aliphatic heterocycles. The fourth-order valence-electron chi connectivity index (χ4n) is 3.75. The zero-order valence-corrected chi connectivity index (χ0v) is 13.8. The zero-order chi connectivity index (χ0) is 16.0. The highest BCUT2D eigenvalue weighted by atomic mass is 16.2. The standard InChI is InChI=1S/C16H26N6O/c1-11(23)21-6-4-20(5-7-21)10-15-18-19-16(12-8-13(17)9-12)22(15)14-2-3-14/h12-14H,2-10,17H2,1H3. The number of nitrogens with zero attached hydrogens (tertiary/aromatic N) is 5. The Bertz CT molecular complexity index is 581. The van der Waals surface area contributed by atoms with Gasteiger partial charge < -0.3 is 15.2 Å². The van der Waals surface area contributed by atoms with Crippen molar-refractivity contribution in [2.45, 2.75) is 57.2 Å². The first-order chi connectivity index (χ1) is 11.1. The molecule has 1 amide bonds. The third-order valence-electron chi connectivity index (χ3n) is 5.43. The second kappa shape index (κ2) is 5.87. The number of aromatic nitrogens is 3. The van der Waals surface area contributed by atoms with Crippen molar-refractivity contribution in [3.63, 3.8) is 0 Å². The Labute approximate surface area is 136 Å². The average molecular weight is 318 g/mol. The SMILES string of the molecule is CC(=O)N1CCN(Cc2nnc(C3CC(N)C3)n2C2CC2)CC1. The summed E-state index contributed by atoms with van der Waals surface area (Å²) in [4.78, 5) is 15.7. The van der Waals surface area contributed by atoms with Crippen molar-refractivity contribution in [1.29, 1.82) is 0 Å². The number of hydrogen-bond acceptors (Lipinski definition) is 5. The van der Waals surface area contributed by atoms with E-state index in [9.17, 15) is 4.79 Å². The monoisotopic (exact) mass is 318 g/mol. The van der Waals surface area contributed by atoms with Crippen molar-refractivity contribution in [1.82, 2.24) is 24.6 Å². The number of carbonyl (C=O) groups excluding carboxylic acids is 1. The molecule has 23 heavy (non-hydrogen) atoms. The number of amides is 1. The molecule has 0 unspecified atom stereocenters. The molecule has 7 nitrogen and oxygen atoms in total. The van der Waals surface area contributed by atoms with E-state index in [-0.39, 0.29) is 5.91 Å². The lowest BCUT2D eigenvalue weighted by Gasteiger charge is -2.34. The van der Waals surface area contributed by atoms with Crippen LogP contribution in [-0.2, 0) is 11.3 Å². The summed E-state index contributed by atoms with van der Waals surface area (Å²) in [6.45, 7) is 5.96. The van der Waals surface area contributed by atoms with Crippen LogP contribution >= 0.6 is 0 Å². The fraction of sp³-hybridized carbons (Fsp3) is 0.812. The molecule has 7 heteroatoms. The maximum Gasteiger partial charge on any atom is 0.219 e. The lowest BCUT2D eigenvalue weighted by Crippen LogP contribution is -2.47. The second-order valence-electron chi connectivity index (χ2n) is 7.29. The molecular formula is C16H26N6O. The van der Waals surface area contributed by atoms with Crippen LogP contribution in [0.2, 0.25) is 0 Å². The minimum atomic E-state index is 0.175. The molecule has 0 radical (unpaired) electrons. The molecule has 3 fully saturated rings. The molecule has 3 aliphatic rings. The topological polar surface area (TPSA) is 80.3 Å². The van der Waals surface area contributed by atoms with E-state index in [4.69, 9.17) is 5.73 Å². The molecule has 0 bridgehead atoms. The molecule has 2 heterocycles. The lowest BCUT2D eigenvalue weighted by atomic mass is 9.80. The van der Waals surface area contributed by atoms with Gasteiger partial charge in [0.05, 0.1) is 6.54 Å². The highest BCUT2D eigenvalue weighted by Gasteiger charge is 2.37. The molecule has 0 spiro atoms. The van der Waals surface area contributed by atoms with Crippen LogP contribution in [0.1, 0.15) is 56.2 Å². The quantitative estimate of drug-likeness (QED) is 0.873. The van der Waals surface area contributed by atoms with E-state index in [0.717, 1.165) is 57.2 Å². The van der Waals surface area contributed by atoms with Crippen LogP contribution in [0.5, 0.6) is 0 Å². The summed E-state index contributed by atoms with van der Waals surface area (Å²) < 4.78 is 2.40. The van der Waals surface area contributed by atoms with Gasteiger partial charge in [-0.25, -0.2) is 0 Å². The molecule has 0 atom stereocenters. The highest BCUT2D eigenvalue weighted by molar-refractivity contribution is 5.73. The van der Waals surface area contributed by atoms with Gasteiger partial charge in [-0.2, -0.15) is 0 Å². The third kappa shape index (κ3) is 2.99. The van der Waals surface area contributed by atoms with Gasteiger partial charge in [0, 0.05) is 51.1 Å². The van der Waals surface area contributed by atoms with Gasteiger partial charge in [-0.3, -0.25) is 9.69 Å². The first-order valence-corrected chi connectivity index (χ1v) is 8.79. The summed E-state index contributed by atoms with van der Waals surface area (Å²) >= 11 is 0. The van der Waals surface area contributed by atoms with Gasteiger partial charge in [0.25, 0.3) is 0 Å². The number of nitrogens with two attached hydrogens (primary N) is 1. The number of hydrogen-bond donors (Lipinski definition) is 1. The summed E-state index contributed by atoms with van der Waals surface area (Å²) in [7, 11) is 0. The van der Waals surface area contributed by atoms with Crippen LogP contribution in [0.25, 0.3) is 0 Å². The van der Waals surface area contributed by atoms with Crippen molar-refractivity contribution in [2.24, 2.45) is 5.73 Å². The Morgan fingerprint density at radius 3 is 2.43 bits per heavy atom. The van der Waals surface area contributed by atoms with Crippen molar-refractivity contribution < 1.29 is 4.79 Å². The summed E-state index contributed by atoms with van der Waals surface area (Å²) in [5.74, 6) is 2.93. The van der Waals surface area contributed by atoms with Crippen molar-refractivity contribution >= 4 is 5.91 Å². The van der Waals surface area contributed by atoms with Gasteiger partial charge in [-0.15, -0.1) is 10.2 Å². The molecule has 2 aliphatic carbocycles. The minimum Gasteiger partial charge on any atom is -0.340 e. The summed E-state index contributed by atoms with van der Waals surface area (Å²) in [6.07, 6.45) is 4.58. The van der Waals surface area contributed by atoms with Crippen LogP contribution in [0.15, 0.2) is 0 Å². The van der Waals surface area contributed by atoms with E-state index in [1.165, 1.54) is 12.8 Å². The molecule has 126 valence electrons. The Balaban J connectivity index is 1.44. The van der Waals surface area contributed by atoms with Gasteiger partial charge in [0.2, 0.25) is 5.91 Å². The molecule has 1 aromatic rings.